The van der Waals surface area contributed by atoms with Crippen LogP contribution in [0.1, 0.15) is 10.4 Å². The van der Waals surface area contributed by atoms with Crippen molar-refractivity contribution in [3.8, 4) is 11.3 Å². The number of furan rings is 1. The molecular weight excluding hydrogens is 231 g/mol. The average molecular weight is 240 g/mol. The molecule has 0 bridgehead atoms. The Bertz CT molecular complexity index is 711. The number of aldehydes is 1. The number of fused-ring (bicyclic) bond motifs is 1. The molecule has 0 aliphatic heterocycles. The van der Waals surface area contributed by atoms with Crippen LogP contribution in [0.25, 0.3) is 22.3 Å². The van der Waals surface area contributed by atoms with Crippen molar-refractivity contribution in [2.75, 3.05) is 0 Å². The van der Waals surface area contributed by atoms with E-state index in [2.05, 4.69) is 0 Å². The third-order valence-electron chi connectivity index (χ3n) is 2.81. The van der Waals surface area contributed by atoms with E-state index in [0.29, 0.717) is 16.9 Å². The summed E-state index contributed by atoms with van der Waals surface area (Å²) < 4.78 is 18.5. The molecule has 0 aliphatic rings. The minimum Gasteiger partial charge on any atom is -0.456 e. The summed E-state index contributed by atoms with van der Waals surface area (Å²) in [6, 6.07) is 13.2. The van der Waals surface area contributed by atoms with E-state index in [-0.39, 0.29) is 5.82 Å². The van der Waals surface area contributed by atoms with Crippen molar-refractivity contribution in [3.63, 3.8) is 0 Å². The zero-order valence-corrected chi connectivity index (χ0v) is 9.39. The van der Waals surface area contributed by atoms with Crippen LogP contribution in [0.4, 0.5) is 4.39 Å². The normalized spacial score (nSPS) is 10.7. The van der Waals surface area contributed by atoms with E-state index in [0.717, 1.165) is 17.2 Å². The van der Waals surface area contributed by atoms with E-state index < -0.39 is 0 Å². The second kappa shape index (κ2) is 4.11. The Kier molecular flexibility index (Phi) is 2.45. The lowest BCUT2D eigenvalue weighted by atomic mass is 10.1. The highest BCUT2D eigenvalue weighted by atomic mass is 19.1. The molecule has 0 radical (unpaired) electrons. The van der Waals surface area contributed by atoms with E-state index in [1.54, 1.807) is 30.3 Å². The van der Waals surface area contributed by atoms with Gasteiger partial charge in [0.05, 0.1) is 0 Å². The smallest absolute Gasteiger partial charge is 0.150 e. The molecule has 0 aliphatic carbocycles. The summed E-state index contributed by atoms with van der Waals surface area (Å²) in [5, 5.41) is 0.860. The van der Waals surface area contributed by atoms with Crippen molar-refractivity contribution in [1.29, 1.82) is 0 Å². The lowest BCUT2D eigenvalue weighted by Gasteiger charge is -1.94. The lowest BCUT2D eigenvalue weighted by Crippen LogP contribution is -1.75. The predicted molar refractivity (Wildman–Crippen MR) is 67.0 cm³/mol. The molecule has 0 saturated heterocycles. The predicted octanol–water partition coefficient (Wildman–Crippen LogP) is 4.05. The van der Waals surface area contributed by atoms with Gasteiger partial charge in [0.15, 0.2) is 0 Å². The van der Waals surface area contributed by atoms with Crippen LogP contribution in [-0.2, 0) is 0 Å². The fourth-order valence-electron chi connectivity index (χ4n) is 1.89. The van der Waals surface area contributed by atoms with Gasteiger partial charge in [-0.05, 0) is 48.5 Å². The number of benzene rings is 2. The van der Waals surface area contributed by atoms with Gasteiger partial charge in [-0.25, -0.2) is 4.39 Å². The zero-order chi connectivity index (χ0) is 12.5. The Labute approximate surface area is 103 Å². The van der Waals surface area contributed by atoms with Crippen LogP contribution < -0.4 is 0 Å². The summed E-state index contributed by atoms with van der Waals surface area (Å²) in [6.45, 7) is 0. The van der Waals surface area contributed by atoms with Crippen molar-refractivity contribution in [2.24, 2.45) is 0 Å². The number of hydrogen-bond acceptors (Lipinski definition) is 2. The minimum absolute atomic E-state index is 0.280. The first kappa shape index (κ1) is 10.7. The van der Waals surface area contributed by atoms with Crippen LogP contribution in [0.2, 0.25) is 0 Å². The van der Waals surface area contributed by atoms with E-state index in [9.17, 15) is 9.18 Å². The standard InChI is InChI=1S/C15H9FO2/c16-13-4-2-11(3-5-13)15-8-12-7-10(9-17)1-6-14(12)18-15/h1-9H. The van der Waals surface area contributed by atoms with Crippen molar-refractivity contribution in [2.45, 2.75) is 0 Å². The van der Waals surface area contributed by atoms with Gasteiger partial charge >= 0.3 is 0 Å². The first-order chi connectivity index (χ1) is 8.76. The Hall–Kier alpha value is -2.42. The molecule has 3 rings (SSSR count). The van der Waals surface area contributed by atoms with E-state index in [1.165, 1.54) is 12.1 Å². The number of halogens is 1. The maximum atomic E-state index is 12.8. The topological polar surface area (TPSA) is 30.2 Å². The fourth-order valence-corrected chi connectivity index (χ4v) is 1.89. The molecule has 0 N–H and O–H groups in total. The van der Waals surface area contributed by atoms with Gasteiger partial charge in [-0.3, -0.25) is 4.79 Å². The maximum Gasteiger partial charge on any atom is 0.150 e. The SMILES string of the molecule is O=Cc1ccc2oc(-c3ccc(F)cc3)cc2c1. The maximum absolute atomic E-state index is 12.8. The summed E-state index contributed by atoms with van der Waals surface area (Å²) in [7, 11) is 0. The highest BCUT2D eigenvalue weighted by molar-refractivity contribution is 5.88. The molecule has 1 aromatic heterocycles. The summed E-state index contributed by atoms with van der Waals surface area (Å²) in [6.07, 6.45) is 0.796. The summed E-state index contributed by atoms with van der Waals surface area (Å²) in [5.74, 6) is 0.381. The highest BCUT2D eigenvalue weighted by Gasteiger charge is 2.06. The number of hydrogen-bond donors (Lipinski definition) is 0. The quantitative estimate of drug-likeness (QED) is 0.632. The van der Waals surface area contributed by atoms with Crippen molar-refractivity contribution >= 4 is 17.3 Å². The van der Waals surface area contributed by atoms with Gasteiger partial charge in [-0.1, -0.05) is 0 Å². The molecule has 1 heterocycles. The van der Waals surface area contributed by atoms with Crippen LogP contribution in [0, 0.1) is 5.82 Å². The van der Waals surface area contributed by atoms with E-state index >= 15 is 0 Å². The van der Waals surface area contributed by atoms with Crippen molar-refractivity contribution < 1.29 is 13.6 Å². The molecule has 18 heavy (non-hydrogen) atoms. The molecule has 2 nitrogen and oxygen atoms in total. The number of rotatable bonds is 2. The van der Waals surface area contributed by atoms with Crippen molar-refractivity contribution in [3.05, 3.63) is 59.9 Å². The zero-order valence-electron chi connectivity index (χ0n) is 9.39. The van der Waals surface area contributed by atoms with Gasteiger partial charge in [0.1, 0.15) is 23.4 Å². The van der Waals surface area contributed by atoms with Gasteiger partial charge in [0.25, 0.3) is 0 Å². The second-order valence-electron chi connectivity index (χ2n) is 4.03. The van der Waals surface area contributed by atoms with Crippen LogP contribution in [0.15, 0.2) is 52.9 Å². The van der Waals surface area contributed by atoms with Crippen molar-refractivity contribution in [1.82, 2.24) is 0 Å². The van der Waals surface area contributed by atoms with Crippen LogP contribution in [0.3, 0.4) is 0 Å². The molecule has 0 atom stereocenters. The lowest BCUT2D eigenvalue weighted by molar-refractivity contribution is 0.112. The molecule has 0 saturated carbocycles. The first-order valence-corrected chi connectivity index (χ1v) is 5.51. The Balaban J connectivity index is 2.12. The van der Waals surface area contributed by atoms with Gasteiger partial charge in [0.2, 0.25) is 0 Å². The Morgan fingerprint density at radius 1 is 1.00 bits per heavy atom. The third kappa shape index (κ3) is 1.80. The van der Waals surface area contributed by atoms with Gasteiger partial charge in [-0.15, -0.1) is 0 Å². The fraction of sp³-hybridized carbons (Fsp3) is 0. The highest BCUT2D eigenvalue weighted by Crippen LogP contribution is 2.28. The molecule has 88 valence electrons. The second-order valence-corrected chi connectivity index (χ2v) is 4.03. The van der Waals surface area contributed by atoms with Crippen LogP contribution >= 0.6 is 0 Å². The van der Waals surface area contributed by atoms with Crippen LogP contribution in [0.5, 0.6) is 0 Å². The monoisotopic (exact) mass is 240 g/mol. The molecular formula is C15H9FO2. The van der Waals surface area contributed by atoms with Gasteiger partial charge in [0, 0.05) is 16.5 Å². The number of carbonyl (C=O) groups is 1. The molecule has 3 heteroatoms. The van der Waals surface area contributed by atoms with E-state index in [4.69, 9.17) is 4.42 Å². The van der Waals surface area contributed by atoms with Crippen LogP contribution in [-0.4, -0.2) is 6.29 Å². The number of carbonyl (C=O) groups excluding carboxylic acids is 1. The first-order valence-electron chi connectivity index (χ1n) is 5.51. The average Bonchev–Trinajstić information content (AvgIpc) is 2.82. The molecule has 0 spiro atoms. The Morgan fingerprint density at radius 3 is 2.50 bits per heavy atom. The summed E-state index contributed by atoms with van der Waals surface area (Å²) in [4.78, 5) is 10.7. The van der Waals surface area contributed by atoms with Gasteiger partial charge < -0.3 is 4.42 Å². The summed E-state index contributed by atoms with van der Waals surface area (Å²) >= 11 is 0. The molecule has 0 unspecified atom stereocenters. The largest absolute Gasteiger partial charge is 0.456 e. The third-order valence-corrected chi connectivity index (χ3v) is 2.81. The minimum atomic E-state index is -0.280. The Morgan fingerprint density at radius 2 is 1.78 bits per heavy atom. The molecule has 3 aromatic rings. The molecule has 2 aromatic carbocycles. The van der Waals surface area contributed by atoms with Gasteiger partial charge in [-0.2, -0.15) is 0 Å². The summed E-state index contributed by atoms with van der Waals surface area (Å²) in [5.41, 5.74) is 2.12. The molecule has 0 amide bonds. The molecule has 0 fully saturated rings. The van der Waals surface area contributed by atoms with E-state index in [1.807, 2.05) is 6.07 Å².